The maximum absolute atomic E-state index is 12.5. The van der Waals surface area contributed by atoms with E-state index < -0.39 is 0 Å². The van der Waals surface area contributed by atoms with E-state index in [9.17, 15) is 4.79 Å². The summed E-state index contributed by atoms with van der Waals surface area (Å²) in [5.74, 6) is 2.07. The Hall–Kier alpha value is -2.69. The van der Waals surface area contributed by atoms with Crippen LogP contribution in [-0.4, -0.2) is 37.2 Å². The number of anilines is 1. The largest absolute Gasteiger partial charge is 0.486 e. The molecule has 0 unspecified atom stereocenters. The first kappa shape index (κ1) is 16.8. The third-order valence-corrected chi connectivity index (χ3v) is 5.06. The number of carbonyl (C=O) groups is 1. The number of nitrogens with one attached hydrogen (secondary N) is 1. The normalized spacial score (nSPS) is 17.0. The zero-order valence-corrected chi connectivity index (χ0v) is 14.8. The van der Waals surface area contributed by atoms with Gasteiger partial charge in [-0.1, -0.05) is 30.3 Å². The molecule has 1 fully saturated rings. The molecule has 0 bridgehead atoms. The van der Waals surface area contributed by atoms with Crippen LogP contribution in [0.3, 0.4) is 0 Å². The van der Waals surface area contributed by atoms with Crippen molar-refractivity contribution in [2.24, 2.45) is 5.92 Å². The molecule has 26 heavy (non-hydrogen) atoms. The molecule has 0 atom stereocenters. The number of carbonyl (C=O) groups excluding carboxylic acids is 1. The summed E-state index contributed by atoms with van der Waals surface area (Å²) in [7, 11) is 0. The number of rotatable bonds is 3. The van der Waals surface area contributed by atoms with Gasteiger partial charge in [-0.25, -0.2) is 4.79 Å². The van der Waals surface area contributed by atoms with Crippen molar-refractivity contribution in [1.82, 2.24) is 4.90 Å². The Morgan fingerprint density at radius 1 is 1.00 bits per heavy atom. The van der Waals surface area contributed by atoms with Crippen molar-refractivity contribution in [3.05, 3.63) is 54.1 Å². The van der Waals surface area contributed by atoms with Gasteiger partial charge in [-0.2, -0.15) is 0 Å². The molecule has 136 valence electrons. The molecule has 5 heteroatoms. The van der Waals surface area contributed by atoms with Crippen molar-refractivity contribution in [3.8, 4) is 11.5 Å². The molecular formula is C21H24N2O3. The molecule has 0 aliphatic carbocycles. The zero-order valence-electron chi connectivity index (χ0n) is 14.8. The molecule has 2 aliphatic heterocycles. The van der Waals surface area contributed by atoms with Crippen LogP contribution in [0.5, 0.6) is 11.5 Å². The monoisotopic (exact) mass is 352 g/mol. The van der Waals surface area contributed by atoms with Gasteiger partial charge >= 0.3 is 6.03 Å². The molecule has 2 amide bonds. The molecule has 1 N–H and O–H groups in total. The Balaban J connectivity index is 1.30. The third kappa shape index (κ3) is 3.93. The molecule has 0 saturated carbocycles. The fourth-order valence-corrected chi connectivity index (χ4v) is 3.61. The Bertz CT molecular complexity index is 755. The fraction of sp³-hybridized carbons (Fsp3) is 0.381. The van der Waals surface area contributed by atoms with Crippen molar-refractivity contribution in [2.45, 2.75) is 19.3 Å². The van der Waals surface area contributed by atoms with E-state index >= 15 is 0 Å². The molecule has 1 saturated heterocycles. The number of hydrogen-bond donors (Lipinski definition) is 1. The summed E-state index contributed by atoms with van der Waals surface area (Å²) in [6.07, 6.45) is 3.19. The predicted octanol–water partition coefficient (Wildman–Crippen LogP) is 3.94. The summed E-state index contributed by atoms with van der Waals surface area (Å²) in [6, 6.07) is 16.1. The molecule has 0 spiro atoms. The molecule has 2 aromatic carbocycles. The van der Waals surface area contributed by atoms with E-state index in [1.165, 1.54) is 5.56 Å². The summed E-state index contributed by atoms with van der Waals surface area (Å²) in [4.78, 5) is 14.4. The molecule has 0 aromatic heterocycles. The van der Waals surface area contributed by atoms with Gasteiger partial charge in [-0.05, 0) is 42.9 Å². The molecule has 2 aliphatic rings. The maximum Gasteiger partial charge on any atom is 0.321 e. The highest BCUT2D eigenvalue weighted by Crippen LogP contribution is 2.32. The number of hydrogen-bond acceptors (Lipinski definition) is 3. The number of ether oxygens (including phenoxy) is 2. The molecule has 5 nitrogen and oxygen atoms in total. The van der Waals surface area contributed by atoms with E-state index in [1.54, 1.807) is 0 Å². The Kier molecular flexibility index (Phi) is 4.95. The lowest BCUT2D eigenvalue weighted by atomic mass is 9.90. The van der Waals surface area contributed by atoms with Gasteiger partial charge in [0.1, 0.15) is 13.2 Å². The van der Waals surface area contributed by atoms with Crippen LogP contribution in [-0.2, 0) is 6.42 Å². The second-order valence-corrected chi connectivity index (χ2v) is 6.91. The zero-order chi connectivity index (χ0) is 17.8. The van der Waals surface area contributed by atoms with E-state index in [-0.39, 0.29) is 6.03 Å². The summed E-state index contributed by atoms with van der Waals surface area (Å²) < 4.78 is 11.1. The lowest BCUT2D eigenvalue weighted by Crippen LogP contribution is -2.41. The first-order valence-corrected chi connectivity index (χ1v) is 9.27. The fourth-order valence-electron chi connectivity index (χ4n) is 3.61. The highest BCUT2D eigenvalue weighted by Gasteiger charge is 2.23. The van der Waals surface area contributed by atoms with E-state index in [1.807, 2.05) is 29.2 Å². The number of fused-ring (bicyclic) bond motifs is 1. The Morgan fingerprint density at radius 2 is 1.73 bits per heavy atom. The van der Waals surface area contributed by atoms with Gasteiger partial charge in [0.2, 0.25) is 0 Å². The van der Waals surface area contributed by atoms with E-state index in [2.05, 4.69) is 29.6 Å². The molecule has 4 rings (SSSR count). The Labute approximate surface area is 153 Å². The van der Waals surface area contributed by atoms with Gasteiger partial charge in [0, 0.05) is 24.8 Å². The lowest BCUT2D eigenvalue weighted by molar-refractivity contribution is 0.171. The average Bonchev–Trinajstić information content (AvgIpc) is 2.69. The van der Waals surface area contributed by atoms with Crippen molar-refractivity contribution in [2.75, 3.05) is 31.6 Å². The summed E-state index contributed by atoms with van der Waals surface area (Å²) in [5, 5.41) is 2.98. The number of piperidine rings is 1. The maximum atomic E-state index is 12.5. The van der Waals surface area contributed by atoms with Crippen molar-refractivity contribution in [1.29, 1.82) is 0 Å². The number of urea groups is 1. The molecule has 2 aromatic rings. The average molecular weight is 352 g/mol. The van der Waals surface area contributed by atoms with Gasteiger partial charge in [0.15, 0.2) is 11.5 Å². The number of benzene rings is 2. The van der Waals surface area contributed by atoms with Crippen molar-refractivity contribution < 1.29 is 14.3 Å². The van der Waals surface area contributed by atoms with E-state index in [0.717, 1.165) is 43.8 Å². The standard InChI is InChI=1S/C21H24N2O3/c24-21(22-18-6-7-19-20(15-18)26-13-12-25-19)23-10-8-17(9-11-23)14-16-4-2-1-3-5-16/h1-7,15,17H,8-14H2,(H,22,24). The van der Waals surface area contributed by atoms with Crippen LogP contribution in [0.25, 0.3) is 0 Å². The minimum absolute atomic E-state index is 0.0418. The van der Waals surface area contributed by atoms with Gasteiger partial charge in [0.25, 0.3) is 0 Å². The molecule has 0 radical (unpaired) electrons. The third-order valence-electron chi connectivity index (χ3n) is 5.06. The van der Waals surface area contributed by atoms with Gasteiger partial charge in [-0.3, -0.25) is 0 Å². The van der Waals surface area contributed by atoms with Gasteiger partial charge in [-0.15, -0.1) is 0 Å². The van der Waals surface area contributed by atoms with Gasteiger partial charge in [0.05, 0.1) is 0 Å². The van der Waals surface area contributed by atoms with Gasteiger partial charge < -0.3 is 19.7 Å². The predicted molar refractivity (Wildman–Crippen MR) is 101 cm³/mol. The van der Waals surface area contributed by atoms with Crippen LogP contribution < -0.4 is 14.8 Å². The highest BCUT2D eigenvalue weighted by atomic mass is 16.6. The van der Waals surface area contributed by atoms with Crippen molar-refractivity contribution in [3.63, 3.8) is 0 Å². The first-order valence-electron chi connectivity index (χ1n) is 9.27. The summed E-state index contributed by atoms with van der Waals surface area (Å²) in [6.45, 7) is 2.71. The quantitative estimate of drug-likeness (QED) is 0.910. The van der Waals surface area contributed by atoms with E-state index in [4.69, 9.17) is 9.47 Å². The van der Waals surface area contributed by atoms with Crippen LogP contribution in [0.4, 0.5) is 10.5 Å². The number of likely N-dealkylation sites (tertiary alicyclic amines) is 1. The second kappa shape index (κ2) is 7.68. The number of amides is 2. The van der Waals surface area contributed by atoms with Crippen LogP contribution in [0.1, 0.15) is 18.4 Å². The second-order valence-electron chi connectivity index (χ2n) is 6.91. The number of nitrogens with zero attached hydrogens (tertiary/aromatic N) is 1. The van der Waals surface area contributed by atoms with Crippen LogP contribution in [0, 0.1) is 5.92 Å². The minimum Gasteiger partial charge on any atom is -0.486 e. The molecule has 2 heterocycles. The van der Waals surface area contributed by atoms with Crippen LogP contribution in [0.15, 0.2) is 48.5 Å². The van der Waals surface area contributed by atoms with Crippen LogP contribution in [0.2, 0.25) is 0 Å². The van der Waals surface area contributed by atoms with E-state index in [0.29, 0.717) is 24.9 Å². The van der Waals surface area contributed by atoms with Crippen LogP contribution >= 0.6 is 0 Å². The topological polar surface area (TPSA) is 50.8 Å². The molecular weight excluding hydrogens is 328 g/mol. The summed E-state index contributed by atoms with van der Waals surface area (Å²) in [5.41, 5.74) is 2.12. The Morgan fingerprint density at radius 3 is 2.50 bits per heavy atom. The summed E-state index contributed by atoms with van der Waals surface area (Å²) >= 11 is 0. The smallest absolute Gasteiger partial charge is 0.321 e. The highest BCUT2D eigenvalue weighted by molar-refractivity contribution is 5.89. The first-order chi connectivity index (χ1) is 12.8. The van der Waals surface area contributed by atoms with Crippen molar-refractivity contribution >= 4 is 11.7 Å². The lowest BCUT2D eigenvalue weighted by Gasteiger charge is -2.32. The minimum atomic E-state index is -0.0418. The SMILES string of the molecule is O=C(Nc1ccc2c(c1)OCCO2)N1CCC(Cc2ccccc2)CC1.